The average molecular weight is 230 g/mol. The van der Waals surface area contributed by atoms with E-state index < -0.39 is 30.2 Å². The quantitative estimate of drug-likeness (QED) is 0.566. The second-order valence-electron chi connectivity index (χ2n) is 3.28. The van der Waals surface area contributed by atoms with E-state index in [1.54, 1.807) is 6.92 Å². The van der Waals surface area contributed by atoms with Gasteiger partial charge in [-0.25, -0.2) is 4.79 Å². The van der Waals surface area contributed by atoms with Crippen molar-refractivity contribution in [1.82, 2.24) is 9.55 Å². The minimum absolute atomic E-state index is 0.228. The summed E-state index contributed by atoms with van der Waals surface area (Å²) in [6.45, 7) is 0.935. The molecule has 16 heavy (non-hydrogen) atoms. The van der Waals surface area contributed by atoms with Crippen molar-refractivity contribution in [1.29, 1.82) is 0 Å². The number of hydrogen-bond donors (Lipinski definition) is 3. The van der Waals surface area contributed by atoms with Gasteiger partial charge in [-0.15, -0.1) is 0 Å². The fourth-order valence-corrected chi connectivity index (χ4v) is 1.16. The molecule has 90 valence electrons. The molecule has 0 bridgehead atoms. The highest BCUT2D eigenvalue weighted by atomic mass is 16.5. The van der Waals surface area contributed by atoms with Gasteiger partial charge in [-0.2, -0.15) is 0 Å². The summed E-state index contributed by atoms with van der Waals surface area (Å²) in [6.07, 6.45) is -0.214. The van der Waals surface area contributed by atoms with E-state index in [2.05, 4.69) is 0 Å². The van der Waals surface area contributed by atoms with Crippen LogP contribution in [0.15, 0.2) is 21.9 Å². The highest BCUT2D eigenvalue weighted by Gasteiger charge is 2.15. The molecule has 0 saturated carbocycles. The predicted molar refractivity (Wildman–Crippen MR) is 55.1 cm³/mol. The molecule has 2 unspecified atom stereocenters. The van der Waals surface area contributed by atoms with Crippen LogP contribution in [0.4, 0.5) is 0 Å². The second kappa shape index (κ2) is 5.59. The lowest BCUT2D eigenvalue weighted by atomic mass is 10.4. The molecule has 0 aromatic carbocycles. The highest BCUT2D eigenvalue weighted by Crippen LogP contribution is 2.06. The zero-order valence-corrected chi connectivity index (χ0v) is 8.79. The van der Waals surface area contributed by atoms with Gasteiger partial charge in [0.2, 0.25) is 0 Å². The summed E-state index contributed by atoms with van der Waals surface area (Å²) in [5.41, 5.74) is -1.19. The lowest BCUT2D eigenvalue weighted by Gasteiger charge is -2.20. The lowest BCUT2D eigenvalue weighted by molar-refractivity contribution is -0.0908. The standard InChI is InChI=1S/C9H14N2O5/c1-6(4-12)16-8(5-13)11-3-2-7(14)10-9(11)15/h2-3,6,8,12-13H,4-5H2,1H3,(H,10,14,15). The molecule has 3 N–H and O–H groups in total. The van der Waals surface area contributed by atoms with E-state index in [1.807, 2.05) is 4.98 Å². The summed E-state index contributed by atoms with van der Waals surface area (Å²) in [4.78, 5) is 24.2. The number of nitrogens with zero attached hydrogens (tertiary/aromatic N) is 1. The number of aromatic nitrogens is 2. The first-order chi connectivity index (χ1) is 7.58. The van der Waals surface area contributed by atoms with Gasteiger partial charge < -0.3 is 14.9 Å². The Bertz CT molecular complexity index is 438. The molecular formula is C9H14N2O5. The number of rotatable bonds is 5. The van der Waals surface area contributed by atoms with Crippen LogP contribution in [0.5, 0.6) is 0 Å². The van der Waals surface area contributed by atoms with E-state index in [4.69, 9.17) is 14.9 Å². The van der Waals surface area contributed by atoms with Gasteiger partial charge in [0.05, 0.1) is 19.3 Å². The number of H-pyrrole nitrogens is 1. The van der Waals surface area contributed by atoms with Crippen molar-refractivity contribution in [3.8, 4) is 0 Å². The Balaban J connectivity index is 2.95. The molecule has 0 saturated heterocycles. The van der Waals surface area contributed by atoms with Crippen molar-refractivity contribution in [2.24, 2.45) is 0 Å². The lowest BCUT2D eigenvalue weighted by Crippen LogP contribution is -2.35. The largest absolute Gasteiger partial charge is 0.394 e. The van der Waals surface area contributed by atoms with Crippen LogP contribution in [0.1, 0.15) is 13.2 Å². The third-order valence-electron chi connectivity index (χ3n) is 1.96. The number of aromatic amines is 1. The first kappa shape index (κ1) is 12.6. The highest BCUT2D eigenvalue weighted by molar-refractivity contribution is 4.84. The van der Waals surface area contributed by atoms with Gasteiger partial charge >= 0.3 is 5.69 Å². The third kappa shape index (κ3) is 3.02. The van der Waals surface area contributed by atoms with Crippen molar-refractivity contribution in [3.63, 3.8) is 0 Å². The van der Waals surface area contributed by atoms with Crippen LogP contribution in [0.2, 0.25) is 0 Å². The van der Waals surface area contributed by atoms with E-state index in [0.29, 0.717) is 0 Å². The number of ether oxygens (including phenoxy) is 1. The van der Waals surface area contributed by atoms with Gasteiger partial charge in [-0.3, -0.25) is 14.3 Å². The molecular weight excluding hydrogens is 216 g/mol. The van der Waals surface area contributed by atoms with Gasteiger partial charge in [-0.05, 0) is 6.92 Å². The zero-order valence-electron chi connectivity index (χ0n) is 8.79. The third-order valence-corrected chi connectivity index (χ3v) is 1.96. The molecule has 0 aliphatic heterocycles. The van der Waals surface area contributed by atoms with Crippen LogP contribution in [0.25, 0.3) is 0 Å². The topological polar surface area (TPSA) is 105 Å². The minimum Gasteiger partial charge on any atom is -0.394 e. The minimum atomic E-state index is -0.925. The summed E-state index contributed by atoms with van der Waals surface area (Å²) in [7, 11) is 0. The predicted octanol–water partition coefficient (Wildman–Crippen LogP) is -1.58. The van der Waals surface area contributed by atoms with E-state index in [1.165, 1.54) is 6.20 Å². The maximum atomic E-state index is 11.4. The molecule has 0 spiro atoms. The Morgan fingerprint density at radius 3 is 2.62 bits per heavy atom. The number of aliphatic hydroxyl groups excluding tert-OH is 2. The van der Waals surface area contributed by atoms with E-state index in [0.717, 1.165) is 10.6 Å². The van der Waals surface area contributed by atoms with Crippen molar-refractivity contribution < 1.29 is 14.9 Å². The van der Waals surface area contributed by atoms with Gasteiger partial charge in [-0.1, -0.05) is 0 Å². The molecule has 7 nitrogen and oxygen atoms in total. The molecule has 1 heterocycles. The maximum absolute atomic E-state index is 11.4. The van der Waals surface area contributed by atoms with Crippen LogP contribution in [-0.2, 0) is 4.74 Å². The van der Waals surface area contributed by atoms with Crippen molar-refractivity contribution in [2.75, 3.05) is 13.2 Å². The summed E-state index contributed by atoms with van der Waals surface area (Å²) < 4.78 is 6.25. The van der Waals surface area contributed by atoms with E-state index in [-0.39, 0.29) is 6.61 Å². The second-order valence-corrected chi connectivity index (χ2v) is 3.28. The Labute approximate surface area is 90.9 Å². The number of aliphatic hydroxyl groups is 2. The average Bonchev–Trinajstić information content (AvgIpc) is 2.26. The Morgan fingerprint density at radius 1 is 1.44 bits per heavy atom. The molecule has 7 heteroatoms. The number of hydrogen-bond acceptors (Lipinski definition) is 5. The molecule has 1 rings (SSSR count). The fraction of sp³-hybridized carbons (Fsp3) is 0.556. The summed E-state index contributed by atoms with van der Waals surface area (Å²) >= 11 is 0. The van der Waals surface area contributed by atoms with Gasteiger partial charge in [0, 0.05) is 12.3 Å². The van der Waals surface area contributed by atoms with E-state index >= 15 is 0 Å². The van der Waals surface area contributed by atoms with Crippen molar-refractivity contribution in [2.45, 2.75) is 19.3 Å². The maximum Gasteiger partial charge on any atom is 0.330 e. The molecule has 0 aliphatic carbocycles. The van der Waals surface area contributed by atoms with Crippen molar-refractivity contribution in [3.05, 3.63) is 33.1 Å². The van der Waals surface area contributed by atoms with Gasteiger partial charge in [0.15, 0.2) is 6.23 Å². The Hall–Kier alpha value is -1.44. The van der Waals surface area contributed by atoms with Crippen LogP contribution < -0.4 is 11.2 Å². The smallest absolute Gasteiger partial charge is 0.330 e. The zero-order chi connectivity index (χ0) is 12.1. The Morgan fingerprint density at radius 2 is 2.12 bits per heavy atom. The molecule has 1 aromatic rings. The summed E-state index contributed by atoms with van der Waals surface area (Å²) in [6, 6.07) is 1.15. The summed E-state index contributed by atoms with van der Waals surface area (Å²) in [5, 5.41) is 17.8. The van der Waals surface area contributed by atoms with Crippen LogP contribution in [0.3, 0.4) is 0 Å². The Kier molecular flexibility index (Phi) is 4.41. The monoisotopic (exact) mass is 230 g/mol. The molecule has 2 atom stereocenters. The molecule has 1 aromatic heterocycles. The molecule has 0 amide bonds. The van der Waals surface area contributed by atoms with E-state index in [9.17, 15) is 9.59 Å². The van der Waals surface area contributed by atoms with Crippen LogP contribution in [0, 0.1) is 0 Å². The summed E-state index contributed by atoms with van der Waals surface area (Å²) in [5.74, 6) is 0. The first-order valence-electron chi connectivity index (χ1n) is 4.77. The van der Waals surface area contributed by atoms with Crippen LogP contribution >= 0.6 is 0 Å². The van der Waals surface area contributed by atoms with Gasteiger partial charge in [0.1, 0.15) is 0 Å². The first-order valence-corrected chi connectivity index (χ1v) is 4.77. The normalized spacial score (nSPS) is 14.7. The fourth-order valence-electron chi connectivity index (χ4n) is 1.16. The number of nitrogens with one attached hydrogen (secondary N) is 1. The van der Waals surface area contributed by atoms with Crippen molar-refractivity contribution >= 4 is 0 Å². The van der Waals surface area contributed by atoms with Gasteiger partial charge in [0.25, 0.3) is 5.56 Å². The SMILES string of the molecule is CC(CO)OC(CO)n1ccc(=O)[nH]c1=O. The molecule has 0 fully saturated rings. The molecule has 0 radical (unpaired) electrons. The van der Waals surface area contributed by atoms with Crippen LogP contribution in [-0.4, -0.2) is 39.1 Å². The molecule has 0 aliphatic rings.